The molecule has 0 saturated heterocycles. The Hall–Kier alpha value is -0.0800. The van der Waals surface area contributed by atoms with Gasteiger partial charge in [-0.3, -0.25) is 0 Å². The fraction of sp³-hybridized carbons (Fsp3) is 1.00. The van der Waals surface area contributed by atoms with Crippen LogP contribution in [-0.4, -0.2) is 38.1 Å². The molecule has 0 N–H and O–H groups in total. The van der Waals surface area contributed by atoms with E-state index in [9.17, 15) is 0 Å². The number of hydrogen-bond donors (Lipinski definition) is 0. The summed E-state index contributed by atoms with van der Waals surface area (Å²) in [4.78, 5) is 2.48. The molecule has 2 heteroatoms. The van der Waals surface area contributed by atoms with E-state index < -0.39 is 0 Å². The summed E-state index contributed by atoms with van der Waals surface area (Å²) in [6, 6.07) is 0. The Morgan fingerprint density at radius 2 is 1.55 bits per heavy atom. The Kier molecular flexibility index (Phi) is 7.96. The SMILES string of the molecule is CCCN(CCC)CC[N]C. The molecule has 0 aliphatic carbocycles. The van der Waals surface area contributed by atoms with Gasteiger partial charge in [-0.05, 0) is 25.9 Å². The lowest BCUT2D eigenvalue weighted by atomic mass is 10.3. The second-order valence-corrected chi connectivity index (χ2v) is 2.88. The fourth-order valence-corrected chi connectivity index (χ4v) is 1.21. The highest BCUT2D eigenvalue weighted by Crippen LogP contribution is 1.92. The van der Waals surface area contributed by atoms with E-state index in [-0.39, 0.29) is 0 Å². The molecule has 0 aliphatic heterocycles. The molecule has 0 amide bonds. The molecule has 0 rings (SSSR count). The molecule has 0 aromatic carbocycles. The summed E-state index contributed by atoms with van der Waals surface area (Å²) in [5.74, 6) is 0. The van der Waals surface area contributed by atoms with Gasteiger partial charge in [-0.2, -0.15) is 0 Å². The van der Waals surface area contributed by atoms with E-state index in [1.165, 1.54) is 25.9 Å². The average Bonchev–Trinajstić information content (AvgIpc) is 2.01. The van der Waals surface area contributed by atoms with Crippen LogP contribution >= 0.6 is 0 Å². The van der Waals surface area contributed by atoms with Crippen molar-refractivity contribution in [3.8, 4) is 0 Å². The molecule has 11 heavy (non-hydrogen) atoms. The van der Waals surface area contributed by atoms with Crippen molar-refractivity contribution in [1.29, 1.82) is 0 Å². The van der Waals surface area contributed by atoms with Crippen LogP contribution in [-0.2, 0) is 0 Å². The minimum absolute atomic E-state index is 0.986. The molecule has 0 aromatic heterocycles. The van der Waals surface area contributed by atoms with E-state index in [1.807, 2.05) is 7.05 Å². The highest BCUT2D eigenvalue weighted by Gasteiger charge is 1.99. The third-order valence-electron chi connectivity index (χ3n) is 1.72. The van der Waals surface area contributed by atoms with Gasteiger partial charge in [-0.1, -0.05) is 13.8 Å². The van der Waals surface area contributed by atoms with Gasteiger partial charge in [0.15, 0.2) is 0 Å². The van der Waals surface area contributed by atoms with Crippen LogP contribution in [0.5, 0.6) is 0 Å². The zero-order chi connectivity index (χ0) is 8.53. The lowest BCUT2D eigenvalue weighted by Gasteiger charge is -2.19. The Labute approximate surface area is 71.0 Å². The molecular formula is C9H21N2. The highest BCUT2D eigenvalue weighted by atomic mass is 15.1. The Bertz CT molecular complexity index is 68.0. The summed E-state index contributed by atoms with van der Waals surface area (Å²) in [5.41, 5.74) is 0. The van der Waals surface area contributed by atoms with Crippen LogP contribution in [0.2, 0.25) is 0 Å². The first-order valence-electron chi connectivity index (χ1n) is 4.63. The van der Waals surface area contributed by atoms with E-state index in [4.69, 9.17) is 0 Å². The van der Waals surface area contributed by atoms with Gasteiger partial charge in [0, 0.05) is 20.1 Å². The van der Waals surface area contributed by atoms with Crippen molar-refractivity contribution < 1.29 is 0 Å². The molecule has 0 aromatic rings. The molecule has 2 nitrogen and oxygen atoms in total. The predicted octanol–water partition coefficient (Wildman–Crippen LogP) is 1.34. The maximum Gasteiger partial charge on any atom is 0.0258 e. The van der Waals surface area contributed by atoms with Crippen molar-refractivity contribution >= 4 is 0 Å². The molecule has 0 saturated carbocycles. The zero-order valence-electron chi connectivity index (χ0n) is 8.14. The van der Waals surface area contributed by atoms with Gasteiger partial charge in [0.2, 0.25) is 0 Å². The van der Waals surface area contributed by atoms with Crippen LogP contribution in [0.25, 0.3) is 0 Å². The van der Waals surface area contributed by atoms with Crippen LogP contribution in [0.15, 0.2) is 0 Å². The maximum atomic E-state index is 4.10. The fourth-order valence-electron chi connectivity index (χ4n) is 1.21. The lowest BCUT2D eigenvalue weighted by Crippen LogP contribution is -2.30. The average molecular weight is 157 g/mol. The summed E-state index contributed by atoms with van der Waals surface area (Å²) in [6.07, 6.45) is 2.51. The maximum absolute atomic E-state index is 4.10. The number of rotatable bonds is 7. The molecule has 0 spiro atoms. The first kappa shape index (κ1) is 10.9. The van der Waals surface area contributed by atoms with Gasteiger partial charge in [-0.25, -0.2) is 5.32 Å². The van der Waals surface area contributed by atoms with Crippen LogP contribution in [0.1, 0.15) is 26.7 Å². The lowest BCUT2D eigenvalue weighted by molar-refractivity contribution is 0.276. The summed E-state index contributed by atoms with van der Waals surface area (Å²) in [5, 5.41) is 4.10. The standard InChI is InChI=1S/C9H21N2/c1-4-7-11(8-5-2)9-6-10-3/h4-9H2,1-3H3. The minimum Gasteiger partial charge on any atom is -0.302 e. The zero-order valence-corrected chi connectivity index (χ0v) is 8.14. The van der Waals surface area contributed by atoms with Crippen LogP contribution in [0, 0.1) is 0 Å². The van der Waals surface area contributed by atoms with Crippen LogP contribution in [0.4, 0.5) is 0 Å². The van der Waals surface area contributed by atoms with E-state index in [1.54, 1.807) is 0 Å². The molecule has 0 bridgehead atoms. The number of nitrogens with zero attached hydrogens (tertiary/aromatic N) is 2. The summed E-state index contributed by atoms with van der Waals surface area (Å²) >= 11 is 0. The van der Waals surface area contributed by atoms with E-state index >= 15 is 0 Å². The van der Waals surface area contributed by atoms with Crippen molar-refractivity contribution in [2.75, 3.05) is 33.2 Å². The molecule has 0 atom stereocenters. The Morgan fingerprint density at radius 3 is 1.91 bits per heavy atom. The van der Waals surface area contributed by atoms with Gasteiger partial charge in [0.05, 0.1) is 0 Å². The largest absolute Gasteiger partial charge is 0.302 e. The van der Waals surface area contributed by atoms with Gasteiger partial charge in [0.1, 0.15) is 0 Å². The second-order valence-electron chi connectivity index (χ2n) is 2.88. The van der Waals surface area contributed by atoms with Crippen LogP contribution in [0.3, 0.4) is 0 Å². The second kappa shape index (κ2) is 8.02. The predicted molar refractivity (Wildman–Crippen MR) is 49.9 cm³/mol. The molecule has 1 radical (unpaired) electrons. The van der Waals surface area contributed by atoms with Crippen molar-refractivity contribution in [2.45, 2.75) is 26.7 Å². The van der Waals surface area contributed by atoms with E-state index in [0.29, 0.717) is 0 Å². The monoisotopic (exact) mass is 157 g/mol. The molecule has 0 aliphatic rings. The van der Waals surface area contributed by atoms with E-state index in [2.05, 4.69) is 24.1 Å². The van der Waals surface area contributed by atoms with Gasteiger partial charge in [0.25, 0.3) is 0 Å². The summed E-state index contributed by atoms with van der Waals surface area (Å²) < 4.78 is 0. The van der Waals surface area contributed by atoms with Gasteiger partial charge >= 0.3 is 0 Å². The van der Waals surface area contributed by atoms with Crippen molar-refractivity contribution in [1.82, 2.24) is 10.2 Å². The molecule has 0 heterocycles. The van der Waals surface area contributed by atoms with Crippen molar-refractivity contribution in [3.63, 3.8) is 0 Å². The summed E-state index contributed by atoms with van der Waals surface area (Å²) in [6.45, 7) is 9.03. The van der Waals surface area contributed by atoms with Gasteiger partial charge < -0.3 is 4.90 Å². The number of likely N-dealkylation sites (N-methyl/N-ethyl adjacent to an activating group) is 1. The third-order valence-corrected chi connectivity index (χ3v) is 1.72. The topological polar surface area (TPSA) is 17.3 Å². The third kappa shape index (κ3) is 6.32. The smallest absolute Gasteiger partial charge is 0.0258 e. The van der Waals surface area contributed by atoms with Crippen molar-refractivity contribution in [3.05, 3.63) is 0 Å². The highest BCUT2D eigenvalue weighted by molar-refractivity contribution is 4.56. The normalized spacial score (nSPS) is 10.9. The van der Waals surface area contributed by atoms with Crippen molar-refractivity contribution in [2.24, 2.45) is 0 Å². The minimum atomic E-state index is 0.986. The quantitative estimate of drug-likeness (QED) is 0.545. The first-order chi connectivity index (χ1) is 5.35. The Balaban J connectivity index is 3.34. The molecule has 0 fully saturated rings. The molecule has 0 unspecified atom stereocenters. The first-order valence-corrected chi connectivity index (χ1v) is 4.63. The van der Waals surface area contributed by atoms with E-state index in [0.717, 1.165) is 13.1 Å². The molecule has 67 valence electrons. The van der Waals surface area contributed by atoms with Crippen LogP contribution < -0.4 is 5.32 Å². The summed E-state index contributed by atoms with van der Waals surface area (Å²) in [7, 11) is 1.88. The van der Waals surface area contributed by atoms with Gasteiger partial charge in [-0.15, -0.1) is 0 Å². The molecular weight excluding hydrogens is 136 g/mol. The Morgan fingerprint density at radius 1 is 1.00 bits per heavy atom. The number of hydrogen-bond acceptors (Lipinski definition) is 1.